The van der Waals surface area contributed by atoms with Gasteiger partial charge in [0.15, 0.2) is 0 Å². The van der Waals surface area contributed by atoms with Gasteiger partial charge in [-0.15, -0.1) is 0 Å². The van der Waals surface area contributed by atoms with E-state index in [-0.39, 0.29) is 22.6 Å². The van der Waals surface area contributed by atoms with Crippen LogP contribution in [0.2, 0.25) is 0 Å². The molecule has 4 aliphatic rings. The molecule has 0 radical (unpaired) electrons. The minimum atomic E-state index is -0.173. The Morgan fingerprint density at radius 3 is 1.58 bits per heavy atom. The highest BCUT2D eigenvalue weighted by Crippen LogP contribution is 2.55. The van der Waals surface area contributed by atoms with Gasteiger partial charge in [0.1, 0.15) is 11.6 Å². The third-order valence-corrected chi connectivity index (χ3v) is 7.68. The van der Waals surface area contributed by atoms with Crippen LogP contribution in [0.1, 0.15) is 64.2 Å². The van der Waals surface area contributed by atoms with Crippen LogP contribution in [0, 0.1) is 22.7 Å². The predicted molar refractivity (Wildman–Crippen MR) is 99.5 cm³/mol. The molecule has 1 aromatic rings. The van der Waals surface area contributed by atoms with E-state index in [1.165, 1.54) is 25.7 Å². The Bertz CT molecular complexity index is 684. The maximum Gasteiger partial charge on any atom is 0.231 e. The summed E-state index contributed by atoms with van der Waals surface area (Å²) in [7, 11) is 0. The number of carbonyl (C=O) groups excluding carboxylic acids is 2. The summed E-state index contributed by atoms with van der Waals surface area (Å²) in [6.07, 6.45) is 10.8. The molecule has 138 valence electrons. The van der Waals surface area contributed by atoms with Crippen molar-refractivity contribution in [1.82, 2.24) is 4.98 Å². The summed E-state index contributed by atoms with van der Waals surface area (Å²) in [5.74, 6) is 2.79. The van der Waals surface area contributed by atoms with Gasteiger partial charge in [0.05, 0.1) is 0 Å². The molecular weight excluding hydrogens is 326 g/mol. The van der Waals surface area contributed by atoms with Crippen LogP contribution in [0.25, 0.3) is 0 Å². The molecule has 5 heteroatoms. The van der Waals surface area contributed by atoms with Gasteiger partial charge in [-0.2, -0.15) is 0 Å². The van der Waals surface area contributed by atoms with Crippen LogP contribution in [-0.2, 0) is 9.59 Å². The van der Waals surface area contributed by atoms with Gasteiger partial charge in [-0.05, 0) is 88.2 Å². The first-order valence-corrected chi connectivity index (χ1v) is 10.2. The van der Waals surface area contributed by atoms with Crippen molar-refractivity contribution >= 4 is 23.5 Å². The number of nitrogens with one attached hydrogen (secondary N) is 2. The van der Waals surface area contributed by atoms with E-state index >= 15 is 0 Å². The van der Waals surface area contributed by atoms with E-state index in [1.807, 2.05) is 18.2 Å². The minimum absolute atomic E-state index is 0.112. The molecule has 0 saturated heterocycles. The highest BCUT2D eigenvalue weighted by Gasteiger charge is 2.51. The SMILES string of the molecule is O=C(Nc1cccc(NC(=O)C23CCC(CC2)C3)n1)C12CCC(CC1)C2. The first kappa shape index (κ1) is 16.3. The van der Waals surface area contributed by atoms with Crippen molar-refractivity contribution in [1.29, 1.82) is 0 Å². The van der Waals surface area contributed by atoms with Gasteiger partial charge < -0.3 is 10.6 Å². The van der Waals surface area contributed by atoms with Crippen LogP contribution in [0.5, 0.6) is 0 Å². The Morgan fingerprint density at radius 2 is 1.23 bits per heavy atom. The standard InChI is InChI=1S/C21H27N3O2/c25-18(20-8-4-14(12-20)5-9-20)23-16-2-1-3-17(22-16)24-19(26)21-10-6-15(13-21)7-11-21/h1-3,14-15H,4-13H2,(H2,22,23,24,25,26). The van der Waals surface area contributed by atoms with E-state index in [0.29, 0.717) is 11.6 Å². The Morgan fingerprint density at radius 1 is 0.808 bits per heavy atom. The van der Waals surface area contributed by atoms with Crippen molar-refractivity contribution in [3.8, 4) is 0 Å². The van der Waals surface area contributed by atoms with Gasteiger partial charge >= 0.3 is 0 Å². The Kier molecular flexibility index (Phi) is 3.63. The van der Waals surface area contributed by atoms with Crippen molar-refractivity contribution in [2.24, 2.45) is 22.7 Å². The van der Waals surface area contributed by atoms with Crippen molar-refractivity contribution in [2.45, 2.75) is 64.2 Å². The van der Waals surface area contributed by atoms with Crippen LogP contribution in [0.15, 0.2) is 18.2 Å². The molecule has 4 bridgehead atoms. The van der Waals surface area contributed by atoms with Crippen LogP contribution in [-0.4, -0.2) is 16.8 Å². The third-order valence-electron chi connectivity index (χ3n) is 7.68. The maximum absolute atomic E-state index is 12.8. The summed E-state index contributed by atoms with van der Waals surface area (Å²) in [5, 5.41) is 6.03. The highest BCUT2D eigenvalue weighted by molar-refractivity contribution is 5.97. The van der Waals surface area contributed by atoms with Gasteiger partial charge in [0.25, 0.3) is 0 Å². The van der Waals surface area contributed by atoms with E-state index in [1.54, 1.807) is 0 Å². The molecule has 1 aromatic heterocycles. The molecule has 0 atom stereocenters. The van der Waals surface area contributed by atoms with E-state index in [0.717, 1.165) is 50.4 Å². The Hall–Kier alpha value is -1.91. The highest BCUT2D eigenvalue weighted by atomic mass is 16.2. The molecule has 4 aliphatic carbocycles. The molecule has 5 nitrogen and oxygen atoms in total. The van der Waals surface area contributed by atoms with E-state index < -0.39 is 0 Å². The third kappa shape index (κ3) is 2.55. The fourth-order valence-electron chi connectivity index (χ4n) is 6.09. The van der Waals surface area contributed by atoms with Crippen LogP contribution < -0.4 is 10.6 Å². The lowest BCUT2D eigenvalue weighted by Crippen LogP contribution is -2.33. The first-order valence-electron chi connectivity index (χ1n) is 10.2. The van der Waals surface area contributed by atoms with Gasteiger partial charge in [-0.25, -0.2) is 4.98 Å². The second-order valence-electron chi connectivity index (χ2n) is 9.17. The lowest BCUT2D eigenvalue weighted by atomic mass is 9.83. The average molecular weight is 353 g/mol. The minimum Gasteiger partial charge on any atom is -0.310 e. The maximum atomic E-state index is 12.8. The number of hydrogen-bond donors (Lipinski definition) is 2. The van der Waals surface area contributed by atoms with E-state index in [2.05, 4.69) is 15.6 Å². The molecule has 4 saturated carbocycles. The number of rotatable bonds is 4. The van der Waals surface area contributed by atoms with Gasteiger partial charge in [0, 0.05) is 10.8 Å². The number of aromatic nitrogens is 1. The van der Waals surface area contributed by atoms with Gasteiger partial charge in [-0.1, -0.05) is 6.07 Å². The number of carbonyl (C=O) groups is 2. The quantitative estimate of drug-likeness (QED) is 0.855. The number of fused-ring (bicyclic) bond motifs is 4. The number of anilines is 2. The summed E-state index contributed by atoms with van der Waals surface area (Å²) in [6.45, 7) is 0. The topological polar surface area (TPSA) is 71.1 Å². The lowest BCUT2D eigenvalue weighted by Gasteiger charge is -2.25. The fraction of sp³-hybridized carbons (Fsp3) is 0.667. The number of hydrogen-bond acceptors (Lipinski definition) is 3. The molecule has 0 aromatic carbocycles. The smallest absolute Gasteiger partial charge is 0.231 e. The largest absolute Gasteiger partial charge is 0.310 e. The first-order chi connectivity index (χ1) is 12.6. The average Bonchev–Trinajstić information content (AvgIpc) is 3.43. The summed E-state index contributed by atoms with van der Waals surface area (Å²) < 4.78 is 0. The van der Waals surface area contributed by atoms with Gasteiger partial charge in [-0.3, -0.25) is 9.59 Å². The van der Waals surface area contributed by atoms with E-state index in [4.69, 9.17) is 0 Å². The monoisotopic (exact) mass is 353 g/mol. The fourth-order valence-corrected chi connectivity index (χ4v) is 6.09. The van der Waals surface area contributed by atoms with Crippen molar-refractivity contribution in [3.63, 3.8) is 0 Å². The molecule has 0 aliphatic heterocycles. The summed E-state index contributed by atoms with van der Waals surface area (Å²) in [5.41, 5.74) is -0.347. The van der Waals surface area contributed by atoms with Crippen molar-refractivity contribution in [2.75, 3.05) is 10.6 Å². The second kappa shape index (κ2) is 5.80. The molecule has 2 amide bonds. The molecule has 0 unspecified atom stereocenters. The van der Waals surface area contributed by atoms with Crippen LogP contribution in [0.4, 0.5) is 11.6 Å². The summed E-state index contributed by atoms with van der Waals surface area (Å²) in [4.78, 5) is 30.1. The molecule has 26 heavy (non-hydrogen) atoms. The van der Waals surface area contributed by atoms with Crippen LogP contribution >= 0.6 is 0 Å². The molecule has 1 heterocycles. The lowest BCUT2D eigenvalue weighted by molar-refractivity contribution is -0.125. The zero-order valence-corrected chi connectivity index (χ0v) is 15.2. The molecule has 4 fully saturated rings. The second-order valence-corrected chi connectivity index (χ2v) is 9.17. The molecular formula is C21H27N3O2. The Balaban J connectivity index is 1.27. The van der Waals surface area contributed by atoms with Gasteiger partial charge in [0.2, 0.25) is 11.8 Å². The zero-order valence-electron chi connectivity index (χ0n) is 15.2. The number of amides is 2. The molecule has 2 N–H and O–H groups in total. The summed E-state index contributed by atoms with van der Waals surface area (Å²) in [6, 6.07) is 5.47. The number of nitrogens with zero attached hydrogens (tertiary/aromatic N) is 1. The van der Waals surface area contributed by atoms with Crippen molar-refractivity contribution < 1.29 is 9.59 Å². The van der Waals surface area contributed by atoms with Crippen molar-refractivity contribution in [3.05, 3.63) is 18.2 Å². The molecule has 0 spiro atoms. The summed E-state index contributed by atoms with van der Waals surface area (Å²) >= 11 is 0. The predicted octanol–water partition coefficient (Wildman–Crippen LogP) is 4.12. The Labute approximate surface area is 154 Å². The zero-order chi connectivity index (χ0) is 17.8. The number of pyridine rings is 1. The molecule has 5 rings (SSSR count). The van der Waals surface area contributed by atoms with E-state index in [9.17, 15) is 9.59 Å². The normalized spacial score (nSPS) is 37.1. The van der Waals surface area contributed by atoms with Crippen LogP contribution in [0.3, 0.4) is 0 Å².